The molecule has 0 bridgehead atoms. The van der Waals surface area contributed by atoms with Gasteiger partial charge in [0.25, 0.3) is 0 Å². The average molecular weight is 261 g/mol. The summed E-state index contributed by atoms with van der Waals surface area (Å²) in [6.45, 7) is 4.95. The van der Waals surface area contributed by atoms with Gasteiger partial charge in [0.2, 0.25) is 0 Å². The average Bonchev–Trinajstić information content (AvgIpc) is 2.85. The van der Waals surface area contributed by atoms with E-state index < -0.39 is 0 Å². The summed E-state index contributed by atoms with van der Waals surface area (Å²) >= 11 is 0. The zero-order valence-electron chi connectivity index (χ0n) is 11.6. The topological polar surface area (TPSA) is 32.7 Å². The number of rotatable bonds is 3. The van der Waals surface area contributed by atoms with Crippen molar-refractivity contribution >= 4 is 0 Å². The van der Waals surface area contributed by atoms with Gasteiger partial charge >= 0.3 is 0 Å². The maximum absolute atomic E-state index is 9.27. The Morgan fingerprint density at radius 2 is 2.11 bits per heavy atom. The normalized spacial score (nSPS) is 27.5. The molecule has 1 saturated heterocycles. The van der Waals surface area contributed by atoms with Gasteiger partial charge in [0.1, 0.15) is 0 Å². The lowest BCUT2D eigenvalue weighted by atomic mass is 10.1. The molecule has 104 valence electrons. The molecule has 2 unspecified atom stereocenters. The third-order valence-electron chi connectivity index (χ3n) is 4.17. The van der Waals surface area contributed by atoms with E-state index in [2.05, 4.69) is 30.0 Å². The fraction of sp³-hybridized carbons (Fsp3) is 0.625. The van der Waals surface area contributed by atoms with Crippen LogP contribution in [0.15, 0.2) is 18.2 Å². The minimum Gasteiger partial charge on any atom is -0.394 e. The maximum Gasteiger partial charge on any atom is 0.0936 e. The molecule has 3 heteroatoms. The Kier molecular flexibility index (Phi) is 3.87. The van der Waals surface area contributed by atoms with Crippen molar-refractivity contribution in [1.29, 1.82) is 0 Å². The van der Waals surface area contributed by atoms with Crippen molar-refractivity contribution in [2.45, 2.75) is 44.9 Å². The molecule has 1 heterocycles. The number of aliphatic hydroxyl groups is 1. The molecule has 2 aliphatic rings. The maximum atomic E-state index is 9.27. The minimum absolute atomic E-state index is 0.0295. The Morgan fingerprint density at radius 3 is 2.95 bits per heavy atom. The molecule has 0 amide bonds. The summed E-state index contributed by atoms with van der Waals surface area (Å²) in [5, 5.41) is 9.27. The number of ether oxygens (including phenoxy) is 1. The van der Waals surface area contributed by atoms with Crippen LogP contribution in [0.1, 0.15) is 30.0 Å². The van der Waals surface area contributed by atoms with Crippen LogP contribution in [-0.2, 0) is 24.1 Å². The van der Waals surface area contributed by atoms with E-state index in [1.807, 2.05) is 0 Å². The summed E-state index contributed by atoms with van der Waals surface area (Å²) in [6, 6.07) is 6.93. The van der Waals surface area contributed by atoms with E-state index >= 15 is 0 Å². The fourth-order valence-corrected chi connectivity index (χ4v) is 3.35. The highest BCUT2D eigenvalue weighted by Crippen LogP contribution is 2.24. The minimum atomic E-state index is -0.0295. The molecule has 0 spiro atoms. The highest BCUT2D eigenvalue weighted by molar-refractivity contribution is 5.35. The van der Waals surface area contributed by atoms with E-state index in [1.54, 1.807) is 0 Å². The van der Waals surface area contributed by atoms with Crippen LogP contribution in [0.3, 0.4) is 0 Å². The van der Waals surface area contributed by atoms with Crippen LogP contribution >= 0.6 is 0 Å². The first-order valence-corrected chi connectivity index (χ1v) is 7.34. The van der Waals surface area contributed by atoms with Gasteiger partial charge < -0.3 is 9.84 Å². The third kappa shape index (κ3) is 2.99. The van der Waals surface area contributed by atoms with Gasteiger partial charge in [-0.15, -0.1) is 0 Å². The first kappa shape index (κ1) is 13.1. The van der Waals surface area contributed by atoms with Crippen LogP contribution in [0.4, 0.5) is 0 Å². The summed E-state index contributed by atoms with van der Waals surface area (Å²) in [4.78, 5) is 2.39. The van der Waals surface area contributed by atoms with Crippen LogP contribution in [-0.4, -0.2) is 41.9 Å². The van der Waals surface area contributed by atoms with Gasteiger partial charge in [0.05, 0.1) is 18.8 Å². The molecule has 1 aromatic carbocycles. The van der Waals surface area contributed by atoms with Crippen molar-refractivity contribution in [3.63, 3.8) is 0 Å². The van der Waals surface area contributed by atoms with Gasteiger partial charge in [-0.05, 0) is 42.9 Å². The molecule has 1 aliphatic heterocycles. The molecule has 2 atom stereocenters. The second-order valence-electron chi connectivity index (χ2n) is 5.90. The Morgan fingerprint density at radius 1 is 1.26 bits per heavy atom. The predicted octanol–water partition coefficient (Wildman–Crippen LogP) is 1.76. The lowest BCUT2D eigenvalue weighted by molar-refractivity contribution is -0.0972. The molecule has 19 heavy (non-hydrogen) atoms. The molecule has 0 radical (unpaired) electrons. The van der Waals surface area contributed by atoms with Crippen molar-refractivity contribution in [3.8, 4) is 0 Å². The lowest BCUT2D eigenvalue weighted by Crippen LogP contribution is -2.47. The molecule has 1 N–H and O–H groups in total. The van der Waals surface area contributed by atoms with E-state index in [-0.39, 0.29) is 18.8 Å². The lowest BCUT2D eigenvalue weighted by Gasteiger charge is -2.36. The van der Waals surface area contributed by atoms with Gasteiger partial charge in [-0.3, -0.25) is 4.90 Å². The molecule has 1 aromatic rings. The first-order valence-electron chi connectivity index (χ1n) is 7.34. The third-order valence-corrected chi connectivity index (χ3v) is 4.17. The van der Waals surface area contributed by atoms with Crippen molar-refractivity contribution in [1.82, 2.24) is 4.90 Å². The molecule has 0 aromatic heterocycles. The van der Waals surface area contributed by atoms with Crippen LogP contribution < -0.4 is 0 Å². The van der Waals surface area contributed by atoms with Gasteiger partial charge in [-0.25, -0.2) is 0 Å². The Balaban J connectivity index is 1.67. The molecular weight excluding hydrogens is 238 g/mol. The summed E-state index contributed by atoms with van der Waals surface area (Å²) < 4.78 is 5.69. The number of morpholine rings is 1. The van der Waals surface area contributed by atoms with Crippen LogP contribution in [0, 0.1) is 0 Å². The van der Waals surface area contributed by atoms with E-state index in [1.165, 1.54) is 36.0 Å². The standard InChI is InChI=1S/C16H23NO2/c1-12-8-17(10-16(11-18)19-12)9-13-5-6-14-3-2-4-15(14)7-13/h5-7,12,16,18H,2-4,8-11H2,1H3. The van der Waals surface area contributed by atoms with Crippen LogP contribution in [0.2, 0.25) is 0 Å². The molecule has 1 aliphatic carbocycles. The summed E-state index contributed by atoms with van der Waals surface area (Å²) in [7, 11) is 0. The van der Waals surface area contributed by atoms with Gasteiger partial charge in [-0.1, -0.05) is 18.2 Å². The van der Waals surface area contributed by atoms with Crippen molar-refractivity contribution < 1.29 is 9.84 Å². The monoisotopic (exact) mass is 261 g/mol. The molecule has 3 rings (SSSR count). The molecule has 0 saturated carbocycles. The Bertz CT molecular complexity index is 446. The van der Waals surface area contributed by atoms with Gasteiger partial charge in [0.15, 0.2) is 0 Å². The largest absolute Gasteiger partial charge is 0.394 e. The zero-order valence-corrected chi connectivity index (χ0v) is 11.6. The number of nitrogens with zero attached hydrogens (tertiary/aromatic N) is 1. The summed E-state index contributed by atoms with van der Waals surface area (Å²) in [5.74, 6) is 0. The smallest absolute Gasteiger partial charge is 0.0936 e. The molecule has 1 fully saturated rings. The highest BCUT2D eigenvalue weighted by atomic mass is 16.5. The first-order chi connectivity index (χ1) is 9.24. The number of hydrogen-bond acceptors (Lipinski definition) is 3. The van der Waals surface area contributed by atoms with Crippen molar-refractivity contribution in [2.75, 3.05) is 19.7 Å². The number of aryl methyl sites for hydroxylation is 2. The second-order valence-corrected chi connectivity index (χ2v) is 5.90. The highest BCUT2D eigenvalue weighted by Gasteiger charge is 2.24. The number of benzene rings is 1. The quantitative estimate of drug-likeness (QED) is 0.900. The summed E-state index contributed by atoms with van der Waals surface area (Å²) in [6.07, 6.45) is 3.97. The SMILES string of the molecule is CC1CN(Cc2ccc3c(c2)CCC3)CC(CO)O1. The predicted molar refractivity (Wildman–Crippen MR) is 75.2 cm³/mol. The van der Waals surface area contributed by atoms with Crippen LogP contribution in [0.25, 0.3) is 0 Å². The number of fused-ring (bicyclic) bond motifs is 1. The summed E-state index contributed by atoms with van der Waals surface area (Å²) in [5.41, 5.74) is 4.47. The number of hydrogen-bond donors (Lipinski definition) is 1. The fourth-order valence-electron chi connectivity index (χ4n) is 3.35. The van der Waals surface area contributed by atoms with E-state index in [4.69, 9.17) is 4.74 Å². The van der Waals surface area contributed by atoms with E-state index in [9.17, 15) is 5.11 Å². The second kappa shape index (κ2) is 5.61. The van der Waals surface area contributed by atoms with Crippen molar-refractivity contribution in [3.05, 3.63) is 34.9 Å². The molecule has 3 nitrogen and oxygen atoms in total. The Hall–Kier alpha value is -0.900. The Labute approximate surface area is 115 Å². The van der Waals surface area contributed by atoms with Gasteiger partial charge in [0, 0.05) is 19.6 Å². The van der Waals surface area contributed by atoms with Gasteiger partial charge in [-0.2, -0.15) is 0 Å². The van der Waals surface area contributed by atoms with E-state index in [0.29, 0.717) is 0 Å². The van der Waals surface area contributed by atoms with Crippen molar-refractivity contribution in [2.24, 2.45) is 0 Å². The number of aliphatic hydroxyl groups excluding tert-OH is 1. The zero-order chi connectivity index (χ0) is 13.2. The van der Waals surface area contributed by atoms with E-state index in [0.717, 1.165) is 19.6 Å². The van der Waals surface area contributed by atoms with Crippen LogP contribution in [0.5, 0.6) is 0 Å². The molecular formula is C16H23NO2.